The number of morpholine rings is 1. The highest BCUT2D eigenvalue weighted by Gasteiger charge is 2.18. The van der Waals surface area contributed by atoms with Crippen molar-refractivity contribution in [3.05, 3.63) is 39.6 Å². The number of hydrogen-bond donors (Lipinski definition) is 1. The van der Waals surface area contributed by atoms with Gasteiger partial charge in [-0.15, -0.1) is 0 Å². The van der Waals surface area contributed by atoms with Crippen molar-refractivity contribution < 1.29 is 14.3 Å². The van der Waals surface area contributed by atoms with E-state index in [0.29, 0.717) is 52.0 Å². The number of halogens is 2. The number of hydrogen-bond acceptors (Lipinski definition) is 6. The van der Waals surface area contributed by atoms with Gasteiger partial charge in [-0.25, -0.2) is 9.97 Å². The first kappa shape index (κ1) is 19.7. The summed E-state index contributed by atoms with van der Waals surface area (Å²) in [5.41, 5.74) is 1.98. The van der Waals surface area contributed by atoms with Crippen molar-refractivity contribution in [3.8, 4) is 5.75 Å². The summed E-state index contributed by atoms with van der Waals surface area (Å²) in [7, 11) is 0. The molecule has 2 aromatic rings. The second kappa shape index (κ2) is 8.73. The van der Waals surface area contributed by atoms with E-state index in [1.807, 2.05) is 13.8 Å². The van der Waals surface area contributed by atoms with Gasteiger partial charge in [-0.05, 0) is 32.0 Å². The number of nitrogens with one attached hydrogen (secondary N) is 1. The summed E-state index contributed by atoms with van der Waals surface area (Å²) in [6.07, 6.45) is 0. The van der Waals surface area contributed by atoms with Crippen LogP contribution in [-0.4, -0.2) is 48.8 Å². The van der Waals surface area contributed by atoms with Gasteiger partial charge in [0.1, 0.15) is 5.75 Å². The maximum atomic E-state index is 12.3. The third-order valence-electron chi connectivity index (χ3n) is 4.07. The van der Waals surface area contributed by atoms with E-state index in [4.69, 9.17) is 32.7 Å². The Balaban J connectivity index is 1.64. The van der Waals surface area contributed by atoms with Crippen LogP contribution in [0.4, 0.5) is 11.6 Å². The van der Waals surface area contributed by atoms with Gasteiger partial charge in [0.25, 0.3) is 5.91 Å². The Bertz CT molecular complexity index is 818. The van der Waals surface area contributed by atoms with Gasteiger partial charge in [0.05, 0.1) is 35.3 Å². The molecular formula is C18H20Cl2N4O3. The maximum absolute atomic E-state index is 12.3. The highest BCUT2D eigenvalue weighted by atomic mass is 35.5. The molecule has 1 aliphatic heterocycles. The number of aromatic nitrogens is 2. The number of benzene rings is 1. The van der Waals surface area contributed by atoms with Crippen LogP contribution in [0.15, 0.2) is 18.2 Å². The molecule has 0 radical (unpaired) electrons. The van der Waals surface area contributed by atoms with Crippen LogP contribution in [0.2, 0.25) is 10.0 Å². The molecule has 0 aliphatic carbocycles. The number of anilines is 2. The first-order valence-corrected chi connectivity index (χ1v) is 9.25. The lowest BCUT2D eigenvalue weighted by molar-refractivity contribution is -0.118. The molecule has 0 bridgehead atoms. The standard InChI is InChI=1S/C18H20Cl2N4O3/c1-11-17(12(2)22-18(21-11)24-5-7-26-8-6-24)23-16(25)10-27-15-4-3-13(19)9-14(15)20/h3-4,9H,5-8,10H2,1-2H3,(H,23,25). The summed E-state index contributed by atoms with van der Waals surface area (Å²) in [4.78, 5) is 23.4. The number of nitrogens with zero attached hydrogens (tertiary/aromatic N) is 3. The third-order valence-corrected chi connectivity index (χ3v) is 4.60. The summed E-state index contributed by atoms with van der Waals surface area (Å²) in [5, 5.41) is 3.66. The van der Waals surface area contributed by atoms with Crippen LogP contribution >= 0.6 is 23.2 Å². The molecule has 3 rings (SSSR count). The fraction of sp³-hybridized carbons (Fsp3) is 0.389. The molecule has 0 saturated carbocycles. The summed E-state index contributed by atoms with van der Waals surface area (Å²) in [6, 6.07) is 4.82. The van der Waals surface area contributed by atoms with Gasteiger partial charge in [-0.3, -0.25) is 4.79 Å². The van der Waals surface area contributed by atoms with Crippen molar-refractivity contribution in [3.63, 3.8) is 0 Å². The largest absolute Gasteiger partial charge is 0.482 e. The average molecular weight is 411 g/mol. The van der Waals surface area contributed by atoms with Crippen LogP contribution in [0.25, 0.3) is 0 Å². The minimum absolute atomic E-state index is 0.189. The fourth-order valence-electron chi connectivity index (χ4n) is 2.70. The van der Waals surface area contributed by atoms with Gasteiger partial charge >= 0.3 is 0 Å². The minimum Gasteiger partial charge on any atom is -0.482 e. The molecule has 9 heteroatoms. The zero-order chi connectivity index (χ0) is 19.4. The van der Waals surface area contributed by atoms with Crippen molar-refractivity contribution >= 4 is 40.7 Å². The lowest BCUT2D eigenvalue weighted by atomic mass is 10.2. The van der Waals surface area contributed by atoms with Gasteiger partial charge in [-0.1, -0.05) is 23.2 Å². The van der Waals surface area contributed by atoms with E-state index in [1.165, 1.54) is 0 Å². The Morgan fingerprint density at radius 2 is 1.89 bits per heavy atom. The maximum Gasteiger partial charge on any atom is 0.262 e. The van der Waals surface area contributed by atoms with E-state index in [0.717, 1.165) is 13.1 Å². The van der Waals surface area contributed by atoms with E-state index in [2.05, 4.69) is 20.2 Å². The number of carbonyl (C=O) groups excluding carboxylic acids is 1. The molecule has 1 aromatic carbocycles. The van der Waals surface area contributed by atoms with Crippen LogP contribution in [0, 0.1) is 13.8 Å². The van der Waals surface area contributed by atoms with E-state index in [9.17, 15) is 4.79 Å². The Hall–Kier alpha value is -2.09. The van der Waals surface area contributed by atoms with Crippen LogP contribution < -0.4 is 15.0 Å². The Morgan fingerprint density at radius 3 is 2.52 bits per heavy atom. The number of amides is 1. The van der Waals surface area contributed by atoms with Gasteiger partial charge in [0, 0.05) is 18.1 Å². The smallest absolute Gasteiger partial charge is 0.262 e. The predicted octanol–water partition coefficient (Wildman–Crippen LogP) is 3.25. The van der Waals surface area contributed by atoms with Crippen LogP contribution in [0.1, 0.15) is 11.4 Å². The van der Waals surface area contributed by atoms with Gasteiger partial charge in [0.2, 0.25) is 5.95 Å². The summed E-state index contributed by atoms with van der Waals surface area (Å²) < 4.78 is 10.8. The molecule has 1 fully saturated rings. The highest BCUT2D eigenvalue weighted by molar-refractivity contribution is 6.35. The van der Waals surface area contributed by atoms with Crippen molar-refractivity contribution in [2.75, 3.05) is 43.1 Å². The molecule has 7 nitrogen and oxygen atoms in total. The summed E-state index contributed by atoms with van der Waals surface area (Å²) in [5.74, 6) is 0.717. The molecule has 0 unspecified atom stereocenters. The number of ether oxygens (including phenoxy) is 2. The van der Waals surface area contributed by atoms with Crippen molar-refractivity contribution in [2.45, 2.75) is 13.8 Å². The molecule has 144 valence electrons. The molecule has 1 aromatic heterocycles. The number of rotatable bonds is 5. The molecule has 1 amide bonds. The SMILES string of the molecule is Cc1nc(N2CCOCC2)nc(C)c1NC(=O)COc1ccc(Cl)cc1Cl. The topological polar surface area (TPSA) is 76.6 Å². The molecular weight excluding hydrogens is 391 g/mol. The second-order valence-electron chi connectivity index (χ2n) is 6.08. The first-order valence-electron chi connectivity index (χ1n) is 8.49. The van der Waals surface area contributed by atoms with Gasteiger partial charge < -0.3 is 19.7 Å². The second-order valence-corrected chi connectivity index (χ2v) is 6.92. The van der Waals surface area contributed by atoms with E-state index in [1.54, 1.807) is 18.2 Å². The van der Waals surface area contributed by atoms with E-state index >= 15 is 0 Å². The van der Waals surface area contributed by atoms with Gasteiger partial charge in [0.15, 0.2) is 6.61 Å². The normalized spacial score (nSPS) is 14.1. The van der Waals surface area contributed by atoms with E-state index in [-0.39, 0.29) is 12.5 Å². The lowest BCUT2D eigenvalue weighted by Crippen LogP contribution is -2.37. The number of aryl methyl sites for hydroxylation is 2. The molecule has 1 aliphatic rings. The third kappa shape index (κ3) is 5.00. The lowest BCUT2D eigenvalue weighted by Gasteiger charge is -2.27. The zero-order valence-corrected chi connectivity index (χ0v) is 16.6. The van der Waals surface area contributed by atoms with Crippen LogP contribution in [-0.2, 0) is 9.53 Å². The Kier molecular flexibility index (Phi) is 6.36. The van der Waals surface area contributed by atoms with Gasteiger partial charge in [-0.2, -0.15) is 0 Å². The molecule has 27 heavy (non-hydrogen) atoms. The molecule has 2 heterocycles. The fourth-order valence-corrected chi connectivity index (χ4v) is 3.16. The monoisotopic (exact) mass is 410 g/mol. The van der Waals surface area contributed by atoms with Crippen molar-refractivity contribution in [1.82, 2.24) is 9.97 Å². The molecule has 1 saturated heterocycles. The van der Waals surface area contributed by atoms with E-state index < -0.39 is 0 Å². The predicted molar refractivity (Wildman–Crippen MR) is 105 cm³/mol. The average Bonchev–Trinajstić information content (AvgIpc) is 2.64. The van der Waals surface area contributed by atoms with Crippen LogP contribution in [0.5, 0.6) is 5.75 Å². The Labute approximate surface area is 167 Å². The van der Waals surface area contributed by atoms with Crippen LogP contribution in [0.3, 0.4) is 0 Å². The summed E-state index contributed by atoms with van der Waals surface area (Å²) >= 11 is 11.9. The highest BCUT2D eigenvalue weighted by Crippen LogP contribution is 2.27. The zero-order valence-electron chi connectivity index (χ0n) is 15.1. The minimum atomic E-state index is -0.324. The molecule has 1 N–H and O–H groups in total. The first-order chi connectivity index (χ1) is 12.9. The summed E-state index contributed by atoms with van der Waals surface area (Å²) in [6.45, 7) is 6.30. The molecule has 0 atom stereocenters. The Morgan fingerprint density at radius 1 is 1.22 bits per heavy atom. The number of carbonyl (C=O) groups is 1. The van der Waals surface area contributed by atoms with Crippen molar-refractivity contribution in [1.29, 1.82) is 0 Å². The molecule has 0 spiro atoms. The quantitative estimate of drug-likeness (QED) is 0.814. The van der Waals surface area contributed by atoms with Crippen molar-refractivity contribution in [2.24, 2.45) is 0 Å².